The van der Waals surface area contributed by atoms with Crippen LogP contribution in [-0.4, -0.2) is 51.3 Å². The zero-order chi connectivity index (χ0) is 20.2. The standard InChI is InChI=1S/C23H34N4O2/c1-3-4-5-6-13-26-16-23(28)22(27-15-20(24-25-27)17-7-8-17)14-21(26)18-9-11-19(29-2)12-10-18/h9-12,15,17,21-23,28H,3-8,13-14,16H2,1-2H3/t21-,22+,23+/m0/s1. The summed E-state index contributed by atoms with van der Waals surface area (Å²) in [6.07, 6.45) is 9.84. The SMILES string of the molecule is CCCCCCN1C[C@@H](O)[C@H](n2cc(C3CC3)nn2)C[C@H]1c1ccc(OC)cc1. The van der Waals surface area contributed by atoms with E-state index >= 15 is 0 Å². The summed E-state index contributed by atoms with van der Waals surface area (Å²) in [5.74, 6) is 1.46. The highest BCUT2D eigenvalue weighted by Gasteiger charge is 2.37. The highest BCUT2D eigenvalue weighted by Crippen LogP contribution is 2.41. The molecule has 1 aliphatic carbocycles. The summed E-state index contributed by atoms with van der Waals surface area (Å²) < 4.78 is 7.26. The van der Waals surface area contributed by atoms with Gasteiger partial charge in [-0.15, -0.1) is 5.10 Å². The predicted molar refractivity (Wildman–Crippen MR) is 113 cm³/mol. The van der Waals surface area contributed by atoms with Crippen molar-refractivity contribution in [1.29, 1.82) is 0 Å². The van der Waals surface area contributed by atoms with E-state index in [0.717, 1.165) is 24.4 Å². The lowest BCUT2D eigenvalue weighted by atomic mass is 9.89. The van der Waals surface area contributed by atoms with E-state index in [-0.39, 0.29) is 12.1 Å². The van der Waals surface area contributed by atoms with Gasteiger partial charge in [0.05, 0.1) is 24.9 Å². The monoisotopic (exact) mass is 398 g/mol. The van der Waals surface area contributed by atoms with E-state index < -0.39 is 6.10 Å². The van der Waals surface area contributed by atoms with Gasteiger partial charge in [0.25, 0.3) is 0 Å². The number of piperidine rings is 1. The van der Waals surface area contributed by atoms with E-state index in [2.05, 4.69) is 40.5 Å². The molecule has 29 heavy (non-hydrogen) atoms. The number of aromatic nitrogens is 3. The first-order valence-electron chi connectivity index (χ1n) is 11.2. The molecule has 3 atom stereocenters. The smallest absolute Gasteiger partial charge is 0.118 e. The minimum atomic E-state index is -0.426. The van der Waals surface area contributed by atoms with Crippen LogP contribution in [0.15, 0.2) is 30.5 Å². The van der Waals surface area contributed by atoms with Gasteiger partial charge in [0.15, 0.2) is 0 Å². The highest BCUT2D eigenvalue weighted by molar-refractivity contribution is 5.29. The van der Waals surface area contributed by atoms with Crippen molar-refractivity contribution in [2.45, 2.75) is 76.0 Å². The molecule has 1 aromatic heterocycles. The molecule has 1 saturated carbocycles. The summed E-state index contributed by atoms with van der Waals surface area (Å²) in [6, 6.07) is 8.62. The van der Waals surface area contributed by atoms with Gasteiger partial charge in [-0.1, -0.05) is 43.5 Å². The molecule has 1 saturated heterocycles. The van der Waals surface area contributed by atoms with Crippen molar-refractivity contribution < 1.29 is 9.84 Å². The van der Waals surface area contributed by atoms with Crippen LogP contribution in [0.25, 0.3) is 0 Å². The lowest BCUT2D eigenvalue weighted by Gasteiger charge is -2.42. The average Bonchev–Trinajstić information content (AvgIpc) is 3.49. The van der Waals surface area contributed by atoms with Gasteiger partial charge in [-0.2, -0.15) is 0 Å². The maximum Gasteiger partial charge on any atom is 0.118 e. The van der Waals surface area contributed by atoms with E-state index in [4.69, 9.17) is 4.74 Å². The number of benzene rings is 1. The van der Waals surface area contributed by atoms with E-state index in [1.807, 2.05) is 16.8 Å². The second-order valence-corrected chi connectivity index (χ2v) is 8.61. The van der Waals surface area contributed by atoms with Crippen molar-refractivity contribution >= 4 is 0 Å². The molecule has 0 radical (unpaired) electrons. The Balaban J connectivity index is 1.52. The molecule has 0 unspecified atom stereocenters. The third-order valence-electron chi connectivity index (χ3n) is 6.43. The van der Waals surface area contributed by atoms with E-state index in [0.29, 0.717) is 12.5 Å². The predicted octanol–water partition coefficient (Wildman–Crippen LogP) is 4.09. The fraction of sp³-hybridized carbons (Fsp3) is 0.652. The van der Waals surface area contributed by atoms with Crippen molar-refractivity contribution in [3.05, 3.63) is 41.7 Å². The fourth-order valence-electron chi connectivity index (χ4n) is 4.49. The molecule has 0 spiro atoms. The molecule has 2 aliphatic rings. The maximum absolute atomic E-state index is 11.0. The molecular weight excluding hydrogens is 364 g/mol. The summed E-state index contributed by atoms with van der Waals surface area (Å²) in [7, 11) is 1.70. The molecule has 2 fully saturated rings. The zero-order valence-electron chi connectivity index (χ0n) is 17.7. The number of aliphatic hydroxyl groups excluding tert-OH is 1. The fourth-order valence-corrected chi connectivity index (χ4v) is 4.49. The normalized spacial score (nSPS) is 25.3. The van der Waals surface area contributed by atoms with Gasteiger partial charge >= 0.3 is 0 Å². The van der Waals surface area contributed by atoms with Crippen molar-refractivity contribution in [1.82, 2.24) is 19.9 Å². The van der Waals surface area contributed by atoms with Crippen LogP contribution in [0.3, 0.4) is 0 Å². The van der Waals surface area contributed by atoms with Crippen LogP contribution in [0.5, 0.6) is 5.75 Å². The molecule has 2 heterocycles. The molecule has 6 nitrogen and oxygen atoms in total. The number of rotatable bonds is 9. The molecule has 158 valence electrons. The Morgan fingerprint density at radius 2 is 1.93 bits per heavy atom. The number of methoxy groups -OCH3 is 1. The van der Waals surface area contributed by atoms with Crippen LogP contribution in [0.1, 0.15) is 81.1 Å². The first-order valence-corrected chi connectivity index (χ1v) is 11.2. The van der Waals surface area contributed by atoms with Gasteiger partial charge in [0.1, 0.15) is 5.75 Å². The van der Waals surface area contributed by atoms with Gasteiger partial charge in [-0.3, -0.25) is 4.90 Å². The Morgan fingerprint density at radius 3 is 2.62 bits per heavy atom. The molecule has 6 heteroatoms. The van der Waals surface area contributed by atoms with Gasteiger partial charge < -0.3 is 9.84 Å². The van der Waals surface area contributed by atoms with Crippen LogP contribution < -0.4 is 4.74 Å². The number of hydrogen-bond acceptors (Lipinski definition) is 5. The van der Waals surface area contributed by atoms with E-state index in [9.17, 15) is 5.11 Å². The Labute approximate surface area is 173 Å². The number of unbranched alkanes of at least 4 members (excludes halogenated alkanes) is 3. The van der Waals surface area contributed by atoms with Gasteiger partial charge in [0.2, 0.25) is 0 Å². The van der Waals surface area contributed by atoms with Gasteiger partial charge in [-0.25, -0.2) is 4.68 Å². The number of aliphatic hydroxyl groups is 1. The zero-order valence-corrected chi connectivity index (χ0v) is 17.7. The van der Waals surface area contributed by atoms with Crippen molar-refractivity contribution in [2.24, 2.45) is 0 Å². The van der Waals surface area contributed by atoms with Crippen molar-refractivity contribution in [3.63, 3.8) is 0 Å². The Bertz CT molecular complexity index is 771. The molecular formula is C23H34N4O2. The molecule has 1 aromatic carbocycles. The highest BCUT2D eigenvalue weighted by atomic mass is 16.5. The van der Waals surface area contributed by atoms with Crippen LogP contribution in [0.4, 0.5) is 0 Å². The van der Waals surface area contributed by atoms with Gasteiger partial charge in [-0.05, 0) is 49.9 Å². The molecule has 0 bridgehead atoms. The Kier molecular flexibility index (Phi) is 6.50. The van der Waals surface area contributed by atoms with E-state index in [1.54, 1.807) is 7.11 Å². The summed E-state index contributed by atoms with van der Waals surface area (Å²) in [5.41, 5.74) is 2.36. The Morgan fingerprint density at radius 1 is 1.14 bits per heavy atom. The summed E-state index contributed by atoms with van der Waals surface area (Å²) in [6.45, 7) is 3.93. The average molecular weight is 399 g/mol. The third-order valence-corrected chi connectivity index (χ3v) is 6.43. The minimum absolute atomic E-state index is 0.0333. The van der Waals surface area contributed by atoms with Crippen LogP contribution in [0, 0.1) is 0 Å². The quantitative estimate of drug-likeness (QED) is 0.645. The number of hydrogen-bond donors (Lipinski definition) is 1. The second-order valence-electron chi connectivity index (χ2n) is 8.61. The molecule has 2 aromatic rings. The number of ether oxygens (including phenoxy) is 1. The van der Waals surface area contributed by atoms with Gasteiger partial charge in [0, 0.05) is 24.7 Å². The second kappa shape index (κ2) is 9.26. The minimum Gasteiger partial charge on any atom is -0.497 e. The number of nitrogens with zero attached hydrogens (tertiary/aromatic N) is 4. The van der Waals surface area contributed by atoms with Crippen molar-refractivity contribution in [3.8, 4) is 5.75 Å². The lowest BCUT2D eigenvalue weighted by molar-refractivity contribution is -0.0102. The molecule has 4 rings (SSSR count). The molecule has 1 N–H and O–H groups in total. The van der Waals surface area contributed by atoms with Crippen LogP contribution >= 0.6 is 0 Å². The summed E-state index contributed by atoms with van der Waals surface area (Å²) >= 11 is 0. The number of likely N-dealkylation sites (tertiary alicyclic amines) is 1. The maximum atomic E-state index is 11.0. The van der Waals surface area contributed by atoms with Crippen molar-refractivity contribution in [2.75, 3.05) is 20.2 Å². The topological polar surface area (TPSA) is 63.4 Å². The summed E-state index contributed by atoms with van der Waals surface area (Å²) in [4.78, 5) is 2.46. The summed E-state index contributed by atoms with van der Waals surface area (Å²) in [5, 5.41) is 19.7. The largest absolute Gasteiger partial charge is 0.497 e. The lowest BCUT2D eigenvalue weighted by Crippen LogP contribution is -2.46. The van der Waals surface area contributed by atoms with Crippen LogP contribution in [0.2, 0.25) is 0 Å². The third kappa shape index (κ3) is 4.81. The number of β-amino-alcohol motifs (C(OH)–C–C–N with tert-alkyl or cyclic N) is 1. The molecule has 1 aliphatic heterocycles. The van der Waals surface area contributed by atoms with Crippen LogP contribution in [-0.2, 0) is 0 Å². The van der Waals surface area contributed by atoms with E-state index in [1.165, 1.54) is 44.1 Å². The first-order chi connectivity index (χ1) is 14.2. The Hall–Kier alpha value is -1.92. The first kappa shape index (κ1) is 20.4. The molecule has 0 amide bonds.